The van der Waals surface area contributed by atoms with Crippen molar-refractivity contribution in [2.75, 3.05) is 24.5 Å². The Kier molecular flexibility index (Phi) is 5.68. The van der Waals surface area contributed by atoms with Crippen molar-refractivity contribution >= 4 is 23.6 Å². The summed E-state index contributed by atoms with van der Waals surface area (Å²) >= 11 is 0. The maximum atomic E-state index is 13.6. The molecule has 2 aliphatic heterocycles. The van der Waals surface area contributed by atoms with Gasteiger partial charge < -0.3 is 15.3 Å². The van der Waals surface area contributed by atoms with Crippen LogP contribution in [-0.2, 0) is 11.2 Å². The van der Waals surface area contributed by atoms with E-state index in [2.05, 4.69) is 10.3 Å². The van der Waals surface area contributed by atoms with Crippen LogP contribution in [0, 0.1) is 11.3 Å². The van der Waals surface area contributed by atoms with Crippen LogP contribution in [0.1, 0.15) is 22.3 Å². The highest BCUT2D eigenvalue weighted by Gasteiger charge is 2.47. The number of likely N-dealkylation sites (tertiary alicyclic amines) is 1. The van der Waals surface area contributed by atoms with E-state index in [0.717, 1.165) is 10.5 Å². The summed E-state index contributed by atoms with van der Waals surface area (Å²) in [5.74, 6) is -4.51. The van der Waals surface area contributed by atoms with Crippen molar-refractivity contribution in [2.45, 2.75) is 24.8 Å². The summed E-state index contributed by atoms with van der Waals surface area (Å²) in [6, 6.07) is 7.07. The van der Waals surface area contributed by atoms with Gasteiger partial charge in [0.25, 0.3) is 11.8 Å². The molecular formula is C22H19F2N5O4. The first kappa shape index (κ1) is 22.1. The first-order valence-electron chi connectivity index (χ1n) is 10.1. The molecule has 1 saturated heterocycles. The molecule has 2 N–H and O–H groups in total. The van der Waals surface area contributed by atoms with Crippen molar-refractivity contribution in [2.24, 2.45) is 0 Å². The van der Waals surface area contributed by atoms with Crippen LogP contribution in [0.3, 0.4) is 0 Å². The number of anilines is 1. The van der Waals surface area contributed by atoms with Crippen molar-refractivity contribution in [3.05, 3.63) is 47.8 Å². The predicted molar refractivity (Wildman–Crippen MR) is 112 cm³/mol. The number of benzene rings is 1. The molecular weight excluding hydrogens is 436 g/mol. The van der Waals surface area contributed by atoms with Gasteiger partial charge in [-0.2, -0.15) is 5.26 Å². The fourth-order valence-electron chi connectivity index (χ4n) is 4.14. The topological polar surface area (TPSA) is 127 Å². The number of nitriles is 1. The van der Waals surface area contributed by atoms with Gasteiger partial charge >= 0.3 is 6.09 Å². The van der Waals surface area contributed by atoms with E-state index in [4.69, 9.17) is 5.26 Å². The number of nitrogens with one attached hydrogen (secondary N) is 1. The Balaban J connectivity index is 1.50. The number of carbonyl (C=O) groups is 3. The third-order valence-corrected chi connectivity index (χ3v) is 5.72. The molecule has 4 rings (SSSR count). The van der Waals surface area contributed by atoms with Crippen molar-refractivity contribution in [1.29, 1.82) is 5.26 Å². The average molecular weight is 455 g/mol. The first-order valence-corrected chi connectivity index (χ1v) is 10.1. The number of carboxylic acid groups (broad SMARTS) is 1. The molecule has 0 saturated carbocycles. The smallest absolute Gasteiger partial charge is 0.411 e. The van der Waals surface area contributed by atoms with Gasteiger partial charge in [0.1, 0.15) is 6.04 Å². The Morgan fingerprint density at radius 2 is 2.09 bits per heavy atom. The van der Waals surface area contributed by atoms with Crippen LogP contribution in [0.5, 0.6) is 0 Å². The second-order valence-corrected chi connectivity index (χ2v) is 7.86. The quantitative estimate of drug-likeness (QED) is 0.728. The van der Waals surface area contributed by atoms with Gasteiger partial charge in [0.2, 0.25) is 5.91 Å². The zero-order chi connectivity index (χ0) is 23.8. The molecule has 1 aromatic carbocycles. The zero-order valence-corrected chi connectivity index (χ0v) is 17.3. The largest absolute Gasteiger partial charge is 0.465 e. The third-order valence-electron chi connectivity index (χ3n) is 5.72. The molecule has 33 heavy (non-hydrogen) atoms. The highest BCUT2D eigenvalue weighted by atomic mass is 19.3. The predicted octanol–water partition coefficient (Wildman–Crippen LogP) is 2.28. The first-order chi connectivity index (χ1) is 15.7. The van der Waals surface area contributed by atoms with Gasteiger partial charge in [-0.1, -0.05) is 6.07 Å². The number of hydrogen-bond acceptors (Lipinski definition) is 5. The molecule has 0 bridgehead atoms. The Morgan fingerprint density at radius 1 is 1.30 bits per heavy atom. The molecule has 170 valence electrons. The van der Waals surface area contributed by atoms with E-state index in [1.807, 2.05) is 0 Å². The Morgan fingerprint density at radius 3 is 2.82 bits per heavy atom. The maximum absolute atomic E-state index is 13.6. The molecule has 1 atom stereocenters. The number of amides is 3. The van der Waals surface area contributed by atoms with Gasteiger partial charge in [-0.15, -0.1) is 0 Å². The standard InChI is InChI=1S/C22H19F2N5O4/c23-22(24)8-15(9-25)29(12-22)19(30)11-27-20(31)16-3-5-26-10-17(16)13-1-2-18-14(7-13)4-6-28(18)21(32)33/h1-3,5,7,10,15H,4,6,8,11-12H2,(H,27,31)(H,32,33). The molecule has 3 heterocycles. The number of alkyl halides is 2. The van der Waals surface area contributed by atoms with Crippen LogP contribution in [0.25, 0.3) is 11.1 Å². The number of aromatic nitrogens is 1. The highest BCUT2D eigenvalue weighted by Crippen LogP contribution is 2.34. The Hall–Kier alpha value is -4.07. The van der Waals surface area contributed by atoms with E-state index in [1.165, 1.54) is 23.4 Å². The molecule has 0 spiro atoms. The lowest BCUT2D eigenvalue weighted by Crippen LogP contribution is -2.43. The van der Waals surface area contributed by atoms with Crippen molar-refractivity contribution in [3.8, 4) is 17.2 Å². The van der Waals surface area contributed by atoms with Gasteiger partial charge in [-0.3, -0.25) is 19.5 Å². The van der Waals surface area contributed by atoms with Crippen LogP contribution in [0.4, 0.5) is 19.3 Å². The molecule has 1 unspecified atom stereocenters. The molecule has 0 aliphatic carbocycles. The number of pyridine rings is 1. The maximum Gasteiger partial charge on any atom is 0.411 e. The van der Waals surface area contributed by atoms with Crippen LogP contribution in [0.15, 0.2) is 36.7 Å². The van der Waals surface area contributed by atoms with Crippen LogP contribution in [0.2, 0.25) is 0 Å². The number of rotatable bonds is 4. The third kappa shape index (κ3) is 4.32. The van der Waals surface area contributed by atoms with Gasteiger partial charge in [0.15, 0.2) is 0 Å². The summed E-state index contributed by atoms with van der Waals surface area (Å²) in [6.07, 6.45) is 1.66. The van der Waals surface area contributed by atoms with E-state index in [0.29, 0.717) is 29.8 Å². The lowest BCUT2D eigenvalue weighted by Gasteiger charge is -2.19. The van der Waals surface area contributed by atoms with Crippen molar-refractivity contribution < 1.29 is 28.3 Å². The number of nitrogens with zero attached hydrogens (tertiary/aromatic N) is 4. The van der Waals surface area contributed by atoms with E-state index in [1.54, 1.807) is 24.3 Å². The molecule has 9 nitrogen and oxygen atoms in total. The summed E-state index contributed by atoms with van der Waals surface area (Å²) < 4.78 is 27.2. The summed E-state index contributed by atoms with van der Waals surface area (Å²) in [5, 5.41) is 20.8. The monoisotopic (exact) mass is 455 g/mol. The van der Waals surface area contributed by atoms with Gasteiger partial charge in [-0.05, 0) is 35.7 Å². The lowest BCUT2D eigenvalue weighted by molar-refractivity contribution is -0.131. The molecule has 11 heteroatoms. The number of hydrogen-bond donors (Lipinski definition) is 2. The second-order valence-electron chi connectivity index (χ2n) is 7.86. The van der Waals surface area contributed by atoms with Crippen molar-refractivity contribution in [1.82, 2.24) is 15.2 Å². The van der Waals surface area contributed by atoms with E-state index in [-0.39, 0.29) is 5.56 Å². The zero-order valence-electron chi connectivity index (χ0n) is 17.3. The summed E-state index contributed by atoms with van der Waals surface area (Å²) in [6.45, 7) is -1.05. The number of fused-ring (bicyclic) bond motifs is 1. The fraction of sp³-hybridized carbons (Fsp3) is 0.318. The lowest BCUT2D eigenvalue weighted by atomic mass is 9.98. The molecule has 0 radical (unpaired) electrons. The summed E-state index contributed by atoms with van der Waals surface area (Å²) in [5.41, 5.74) is 2.74. The second kappa shape index (κ2) is 8.46. The number of halogens is 2. The molecule has 1 aromatic heterocycles. The van der Waals surface area contributed by atoms with Crippen molar-refractivity contribution in [3.63, 3.8) is 0 Å². The average Bonchev–Trinajstić information content (AvgIpc) is 3.36. The van der Waals surface area contributed by atoms with Crippen LogP contribution >= 0.6 is 0 Å². The fourth-order valence-corrected chi connectivity index (χ4v) is 4.14. The van der Waals surface area contributed by atoms with E-state index in [9.17, 15) is 28.3 Å². The van der Waals surface area contributed by atoms with E-state index >= 15 is 0 Å². The molecule has 2 aromatic rings. The Labute approximate surface area is 187 Å². The minimum absolute atomic E-state index is 0.217. The molecule has 3 amide bonds. The number of carbonyl (C=O) groups excluding carboxylic acids is 2. The van der Waals surface area contributed by atoms with Crippen LogP contribution in [-0.4, -0.2) is 64.5 Å². The molecule has 2 aliphatic rings. The Bertz CT molecular complexity index is 1180. The SMILES string of the molecule is N#CC1CC(F)(F)CN1C(=O)CNC(=O)c1ccncc1-c1ccc2c(c1)CCN2C(=O)O. The minimum Gasteiger partial charge on any atom is -0.465 e. The van der Waals surface area contributed by atoms with Gasteiger partial charge in [0.05, 0.1) is 30.4 Å². The minimum atomic E-state index is -3.14. The summed E-state index contributed by atoms with van der Waals surface area (Å²) in [4.78, 5) is 42.6. The normalized spacial score (nSPS) is 18.5. The van der Waals surface area contributed by atoms with Gasteiger partial charge in [0, 0.05) is 30.9 Å². The van der Waals surface area contributed by atoms with Gasteiger partial charge in [-0.25, -0.2) is 13.6 Å². The summed E-state index contributed by atoms with van der Waals surface area (Å²) in [7, 11) is 0. The molecule has 1 fully saturated rings. The van der Waals surface area contributed by atoms with E-state index < -0.39 is 49.4 Å². The van der Waals surface area contributed by atoms with Crippen LogP contribution < -0.4 is 10.2 Å². The highest BCUT2D eigenvalue weighted by molar-refractivity contribution is 6.02.